The fourth-order valence-electron chi connectivity index (χ4n) is 3.53. The Morgan fingerprint density at radius 2 is 1.89 bits per heavy atom. The molecule has 2 amide bonds. The van der Waals surface area contributed by atoms with E-state index in [9.17, 15) is 9.59 Å². The van der Waals surface area contributed by atoms with Crippen molar-refractivity contribution in [2.75, 3.05) is 4.90 Å². The predicted octanol–water partition coefficient (Wildman–Crippen LogP) is 4.48. The number of anilines is 1. The maximum absolute atomic E-state index is 12.7. The molecule has 0 aromatic heterocycles. The van der Waals surface area contributed by atoms with Crippen LogP contribution in [0.3, 0.4) is 0 Å². The Morgan fingerprint density at radius 3 is 2.44 bits per heavy atom. The van der Waals surface area contributed by atoms with Crippen molar-refractivity contribution in [1.29, 1.82) is 0 Å². The summed E-state index contributed by atoms with van der Waals surface area (Å²) in [7, 11) is 0. The molecule has 1 N–H and O–H groups in total. The molecule has 1 atom stereocenters. The number of halogens is 1. The van der Waals surface area contributed by atoms with Crippen molar-refractivity contribution in [1.82, 2.24) is 0 Å². The Balaban J connectivity index is 1.90. The average molecular weight is 391 g/mol. The first kappa shape index (κ1) is 19.4. The van der Waals surface area contributed by atoms with Gasteiger partial charge in [-0.3, -0.25) is 9.59 Å². The minimum Gasteiger partial charge on any atom is -0.483 e. The standard InChI is InChI=1S/C20H23ClN2O4/c1-3-6-17(12(2)22-26)27-18-11-13(9-10-16(18)21)23-19(24)14-7-4-5-8-15(14)20(23)25/h9-11,17,26H,3-8H2,1-2H3. The van der Waals surface area contributed by atoms with Crippen molar-refractivity contribution >= 4 is 34.8 Å². The van der Waals surface area contributed by atoms with Gasteiger partial charge in [-0.2, -0.15) is 0 Å². The Morgan fingerprint density at radius 1 is 1.26 bits per heavy atom. The molecule has 1 unspecified atom stereocenters. The molecule has 6 nitrogen and oxygen atoms in total. The summed E-state index contributed by atoms with van der Waals surface area (Å²) < 4.78 is 5.94. The van der Waals surface area contributed by atoms with E-state index in [-0.39, 0.29) is 11.8 Å². The Bertz CT molecular complexity index is 803. The summed E-state index contributed by atoms with van der Waals surface area (Å²) in [4.78, 5) is 26.7. The highest BCUT2D eigenvalue weighted by molar-refractivity contribution is 6.34. The highest BCUT2D eigenvalue weighted by atomic mass is 35.5. The van der Waals surface area contributed by atoms with Crippen LogP contribution in [0.4, 0.5) is 5.69 Å². The lowest BCUT2D eigenvalue weighted by molar-refractivity contribution is -0.120. The average Bonchev–Trinajstić information content (AvgIpc) is 2.93. The lowest BCUT2D eigenvalue weighted by atomic mass is 9.93. The molecule has 1 aromatic rings. The molecule has 1 aliphatic carbocycles. The second-order valence-electron chi connectivity index (χ2n) is 6.86. The molecule has 1 aliphatic heterocycles. The number of hydrogen-bond acceptors (Lipinski definition) is 5. The number of amides is 2. The van der Waals surface area contributed by atoms with Gasteiger partial charge < -0.3 is 9.94 Å². The summed E-state index contributed by atoms with van der Waals surface area (Å²) in [6.45, 7) is 3.67. The summed E-state index contributed by atoms with van der Waals surface area (Å²) in [6.07, 6.45) is 4.20. The molecule has 0 saturated heterocycles. The zero-order valence-electron chi connectivity index (χ0n) is 15.5. The van der Waals surface area contributed by atoms with Crippen molar-refractivity contribution < 1.29 is 19.5 Å². The highest BCUT2D eigenvalue weighted by Crippen LogP contribution is 2.38. The van der Waals surface area contributed by atoms with Gasteiger partial charge in [-0.15, -0.1) is 0 Å². The molecule has 2 aliphatic rings. The number of hydrogen-bond donors (Lipinski definition) is 1. The number of carbonyl (C=O) groups excluding carboxylic acids is 2. The van der Waals surface area contributed by atoms with Crippen LogP contribution in [-0.2, 0) is 9.59 Å². The van der Waals surface area contributed by atoms with Crippen molar-refractivity contribution in [2.24, 2.45) is 5.16 Å². The molecule has 1 heterocycles. The molecular weight excluding hydrogens is 368 g/mol. The topological polar surface area (TPSA) is 79.2 Å². The van der Waals surface area contributed by atoms with Crippen LogP contribution in [0.15, 0.2) is 34.5 Å². The number of benzene rings is 1. The summed E-state index contributed by atoms with van der Waals surface area (Å²) in [5, 5.41) is 12.7. The molecule has 0 bridgehead atoms. The molecule has 0 saturated carbocycles. The van der Waals surface area contributed by atoms with Crippen LogP contribution >= 0.6 is 11.6 Å². The van der Waals surface area contributed by atoms with Crippen molar-refractivity contribution in [3.63, 3.8) is 0 Å². The highest BCUT2D eigenvalue weighted by Gasteiger charge is 2.39. The van der Waals surface area contributed by atoms with Crippen LogP contribution < -0.4 is 9.64 Å². The van der Waals surface area contributed by atoms with Crippen LogP contribution in [0.2, 0.25) is 5.02 Å². The molecule has 0 spiro atoms. The lowest BCUT2D eigenvalue weighted by Gasteiger charge is -2.21. The molecule has 3 rings (SSSR count). The SMILES string of the molecule is CCCC(Oc1cc(N2C(=O)C3=C(CCCC3)C2=O)ccc1Cl)C(C)=NO. The van der Waals surface area contributed by atoms with Crippen LogP contribution in [0.1, 0.15) is 52.4 Å². The first-order chi connectivity index (χ1) is 13.0. The molecule has 144 valence electrons. The number of rotatable bonds is 6. The zero-order chi connectivity index (χ0) is 19.6. The van der Waals surface area contributed by atoms with Gasteiger partial charge in [0, 0.05) is 17.2 Å². The molecule has 27 heavy (non-hydrogen) atoms. The van der Waals surface area contributed by atoms with Gasteiger partial charge in [0.05, 0.1) is 16.4 Å². The van der Waals surface area contributed by atoms with Crippen LogP contribution in [0.5, 0.6) is 5.75 Å². The quantitative estimate of drug-likeness (QED) is 0.336. The minimum absolute atomic E-state index is 0.249. The fraction of sp³-hybridized carbons (Fsp3) is 0.450. The van der Waals surface area contributed by atoms with Gasteiger partial charge in [0.1, 0.15) is 11.9 Å². The summed E-state index contributed by atoms with van der Waals surface area (Å²) >= 11 is 6.26. The van der Waals surface area contributed by atoms with Crippen LogP contribution in [0, 0.1) is 0 Å². The second-order valence-corrected chi connectivity index (χ2v) is 7.27. The molecule has 7 heteroatoms. The van der Waals surface area contributed by atoms with Crippen molar-refractivity contribution in [3.8, 4) is 5.75 Å². The third-order valence-electron chi connectivity index (χ3n) is 5.01. The van der Waals surface area contributed by atoms with Gasteiger partial charge >= 0.3 is 0 Å². The van der Waals surface area contributed by atoms with Crippen molar-refractivity contribution in [3.05, 3.63) is 34.4 Å². The van der Waals surface area contributed by atoms with Gasteiger partial charge in [0.2, 0.25) is 0 Å². The minimum atomic E-state index is -0.441. The smallest absolute Gasteiger partial charge is 0.261 e. The van der Waals surface area contributed by atoms with E-state index in [1.807, 2.05) is 6.92 Å². The molecule has 0 radical (unpaired) electrons. The summed E-state index contributed by atoms with van der Waals surface area (Å²) in [5.41, 5.74) is 2.14. The van der Waals surface area contributed by atoms with E-state index in [0.717, 1.165) is 19.3 Å². The monoisotopic (exact) mass is 390 g/mol. The van der Waals surface area contributed by atoms with E-state index in [1.165, 1.54) is 4.90 Å². The van der Waals surface area contributed by atoms with Gasteiger partial charge in [0.25, 0.3) is 11.8 Å². The Hall–Kier alpha value is -2.34. The first-order valence-electron chi connectivity index (χ1n) is 9.23. The molecule has 0 fully saturated rings. The lowest BCUT2D eigenvalue weighted by Crippen LogP contribution is -2.31. The van der Waals surface area contributed by atoms with E-state index < -0.39 is 6.10 Å². The van der Waals surface area contributed by atoms with Gasteiger partial charge in [0.15, 0.2) is 0 Å². The van der Waals surface area contributed by atoms with E-state index in [2.05, 4.69) is 5.16 Å². The van der Waals surface area contributed by atoms with E-state index >= 15 is 0 Å². The van der Waals surface area contributed by atoms with Gasteiger partial charge in [-0.05, 0) is 51.2 Å². The number of nitrogens with zero attached hydrogens (tertiary/aromatic N) is 2. The number of carbonyl (C=O) groups is 2. The van der Waals surface area contributed by atoms with Crippen molar-refractivity contribution in [2.45, 2.75) is 58.5 Å². The third kappa shape index (κ3) is 3.72. The fourth-order valence-corrected chi connectivity index (χ4v) is 3.69. The van der Waals surface area contributed by atoms with E-state index in [4.69, 9.17) is 21.5 Å². The van der Waals surface area contributed by atoms with Crippen LogP contribution in [0.25, 0.3) is 0 Å². The van der Waals surface area contributed by atoms with Crippen LogP contribution in [-0.4, -0.2) is 28.8 Å². The largest absolute Gasteiger partial charge is 0.483 e. The Kier molecular flexibility index (Phi) is 5.85. The van der Waals surface area contributed by atoms with Gasteiger partial charge in [-0.1, -0.05) is 30.1 Å². The number of oxime groups is 1. The second kappa shape index (κ2) is 8.13. The zero-order valence-corrected chi connectivity index (χ0v) is 16.3. The predicted molar refractivity (Wildman–Crippen MR) is 104 cm³/mol. The third-order valence-corrected chi connectivity index (χ3v) is 5.32. The normalized spacial score (nSPS) is 18.8. The molecular formula is C20H23ClN2O4. The maximum atomic E-state index is 12.7. The first-order valence-corrected chi connectivity index (χ1v) is 9.61. The number of ether oxygens (including phenoxy) is 1. The summed E-state index contributed by atoms with van der Waals surface area (Å²) in [5.74, 6) is -0.150. The van der Waals surface area contributed by atoms with Gasteiger partial charge in [-0.25, -0.2) is 4.90 Å². The maximum Gasteiger partial charge on any atom is 0.261 e. The Labute approximate surface area is 163 Å². The van der Waals surface area contributed by atoms with E-state index in [0.29, 0.717) is 52.6 Å². The number of imide groups is 1. The molecule has 1 aromatic carbocycles. The van der Waals surface area contributed by atoms with E-state index in [1.54, 1.807) is 25.1 Å². The summed E-state index contributed by atoms with van der Waals surface area (Å²) in [6, 6.07) is 4.85.